The number of hydrogen-bond acceptors (Lipinski definition) is 3. The fourth-order valence-corrected chi connectivity index (χ4v) is 3.28. The number of aliphatic hydroxyl groups is 1. The second kappa shape index (κ2) is 6.71. The van der Waals surface area contributed by atoms with E-state index in [9.17, 15) is 9.90 Å². The maximum absolute atomic E-state index is 12.1. The second-order valence-corrected chi connectivity index (χ2v) is 6.27. The summed E-state index contributed by atoms with van der Waals surface area (Å²) in [5.41, 5.74) is 0. The first kappa shape index (κ1) is 14.8. The van der Waals surface area contributed by atoms with Crippen molar-refractivity contribution in [2.24, 2.45) is 5.92 Å². The molecule has 0 bridgehead atoms. The van der Waals surface area contributed by atoms with Crippen LogP contribution in [0.15, 0.2) is 0 Å². The molecule has 2 aliphatic carbocycles. The Morgan fingerprint density at radius 2 is 1.84 bits per heavy atom. The third kappa shape index (κ3) is 4.18. The lowest BCUT2D eigenvalue weighted by Crippen LogP contribution is -2.43. The average Bonchev–Trinajstić information content (AvgIpc) is 2.77. The van der Waals surface area contributed by atoms with Gasteiger partial charge in [0, 0.05) is 6.04 Å². The molecule has 0 radical (unpaired) electrons. The van der Waals surface area contributed by atoms with Gasteiger partial charge in [-0.15, -0.1) is 0 Å². The monoisotopic (exact) mass is 269 g/mol. The minimum absolute atomic E-state index is 0.0539. The topological polar surface area (TPSA) is 58.6 Å². The van der Waals surface area contributed by atoms with Crippen LogP contribution >= 0.6 is 0 Å². The first-order valence-electron chi connectivity index (χ1n) is 7.70. The van der Waals surface area contributed by atoms with Crippen molar-refractivity contribution in [3.8, 4) is 0 Å². The van der Waals surface area contributed by atoms with Crippen LogP contribution < -0.4 is 5.32 Å². The highest BCUT2D eigenvalue weighted by atomic mass is 16.5. The molecule has 2 unspecified atom stereocenters. The highest BCUT2D eigenvalue weighted by Crippen LogP contribution is 2.27. The van der Waals surface area contributed by atoms with Gasteiger partial charge in [0.05, 0.1) is 24.2 Å². The van der Waals surface area contributed by atoms with Gasteiger partial charge < -0.3 is 15.2 Å². The van der Waals surface area contributed by atoms with Crippen molar-refractivity contribution in [2.45, 2.75) is 83.1 Å². The van der Waals surface area contributed by atoms with E-state index < -0.39 is 6.10 Å². The summed E-state index contributed by atoms with van der Waals surface area (Å²) in [5, 5.41) is 12.9. The van der Waals surface area contributed by atoms with Gasteiger partial charge in [0.1, 0.15) is 0 Å². The lowest BCUT2D eigenvalue weighted by atomic mass is 9.92. The smallest absolute Gasteiger partial charge is 0.225 e. The maximum atomic E-state index is 12.1. The molecule has 0 aromatic heterocycles. The van der Waals surface area contributed by atoms with E-state index in [0.29, 0.717) is 6.10 Å². The van der Waals surface area contributed by atoms with E-state index in [4.69, 9.17) is 4.74 Å². The van der Waals surface area contributed by atoms with Crippen LogP contribution in [0.1, 0.15) is 58.8 Å². The Bertz CT molecular complexity index is 298. The quantitative estimate of drug-likeness (QED) is 0.820. The maximum Gasteiger partial charge on any atom is 0.225 e. The van der Waals surface area contributed by atoms with Crippen molar-refractivity contribution < 1.29 is 14.6 Å². The molecule has 2 rings (SSSR count). The lowest BCUT2D eigenvalue weighted by molar-refractivity contribution is -0.128. The van der Waals surface area contributed by atoms with Crippen LogP contribution in [-0.4, -0.2) is 35.4 Å². The van der Waals surface area contributed by atoms with E-state index >= 15 is 0 Å². The SMILES string of the molecule is CC(C)OC1CCC(NC(=O)C2CCCC2O)CC1. The van der Waals surface area contributed by atoms with Gasteiger partial charge in [-0.1, -0.05) is 0 Å². The molecule has 0 saturated heterocycles. The summed E-state index contributed by atoms with van der Waals surface area (Å²) in [6.45, 7) is 4.13. The summed E-state index contributed by atoms with van der Waals surface area (Å²) in [6.07, 6.45) is 6.81. The number of rotatable bonds is 4. The van der Waals surface area contributed by atoms with E-state index in [2.05, 4.69) is 19.2 Å². The zero-order valence-electron chi connectivity index (χ0n) is 12.1. The molecule has 1 amide bonds. The van der Waals surface area contributed by atoms with Gasteiger partial charge in [-0.05, 0) is 58.8 Å². The van der Waals surface area contributed by atoms with Crippen LogP contribution in [0.3, 0.4) is 0 Å². The summed E-state index contributed by atoms with van der Waals surface area (Å²) < 4.78 is 5.81. The zero-order valence-corrected chi connectivity index (χ0v) is 12.1. The molecule has 0 spiro atoms. The van der Waals surface area contributed by atoms with E-state index in [1.165, 1.54) is 0 Å². The van der Waals surface area contributed by atoms with Gasteiger partial charge >= 0.3 is 0 Å². The van der Waals surface area contributed by atoms with Crippen molar-refractivity contribution in [3.63, 3.8) is 0 Å². The van der Waals surface area contributed by atoms with Gasteiger partial charge in [0.25, 0.3) is 0 Å². The molecule has 0 aromatic carbocycles. The van der Waals surface area contributed by atoms with Crippen LogP contribution in [0.4, 0.5) is 0 Å². The molecule has 4 nitrogen and oxygen atoms in total. The Morgan fingerprint density at radius 3 is 2.37 bits per heavy atom. The predicted molar refractivity (Wildman–Crippen MR) is 73.8 cm³/mol. The normalized spacial score (nSPS) is 35.6. The fraction of sp³-hybridized carbons (Fsp3) is 0.933. The van der Waals surface area contributed by atoms with Crippen LogP contribution in [-0.2, 0) is 9.53 Å². The largest absolute Gasteiger partial charge is 0.392 e. The van der Waals surface area contributed by atoms with Crippen molar-refractivity contribution in [2.75, 3.05) is 0 Å². The van der Waals surface area contributed by atoms with E-state index in [-0.39, 0.29) is 24.0 Å². The molecule has 0 heterocycles. The molecule has 19 heavy (non-hydrogen) atoms. The Labute approximate surface area is 115 Å². The van der Waals surface area contributed by atoms with Crippen LogP contribution in [0.2, 0.25) is 0 Å². The van der Waals surface area contributed by atoms with Crippen molar-refractivity contribution in [1.82, 2.24) is 5.32 Å². The molecular formula is C15H27NO3. The van der Waals surface area contributed by atoms with Gasteiger partial charge in [-0.25, -0.2) is 0 Å². The van der Waals surface area contributed by atoms with Crippen LogP contribution in [0.5, 0.6) is 0 Å². The van der Waals surface area contributed by atoms with Gasteiger partial charge in [0.15, 0.2) is 0 Å². The Kier molecular flexibility index (Phi) is 5.22. The molecule has 4 heteroatoms. The highest BCUT2D eigenvalue weighted by Gasteiger charge is 2.33. The minimum atomic E-state index is -0.430. The summed E-state index contributed by atoms with van der Waals surface area (Å²) >= 11 is 0. The number of nitrogens with one attached hydrogen (secondary N) is 1. The van der Waals surface area contributed by atoms with Crippen LogP contribution in [0.25, 0.3) is 0 Å². The third-order valence-corrected chi connectivity index (χ3v) is 4.30. The molecule has 2 atom stereocenters. The number of carbonyl (C=O) groups is 1. The Balaban J connectivity index is 1.72. The lowest BCUT2D eigenvalue weighted by Gasteiger charge is -2.31. The van der Waals surface area contributed by atoms with E-state index in [0.717, 1.165) is 44.9 Å². The molecule has 2 fully saturated rings. The fourth-order valence-electron chi connectivity index (χ4n) is 3.28. The Morgan fingerprint density at radius 1 is 1.16 bits per heavy atom. The summed E-state index contributed by atoms with van der Waals surface area (Å²) in [5.74, 6) is -0.122. The highest BCUT2D eigenvalue weighted by molar-refractivity contribution is 5.79. The van der Waals surface area contributed by atoms with E-state index in [1.807, 2.05) is 0 Å². The third-order valence-electron chi connectivity index (χ3n) is 4.30. The summed E-state index contributed by atoms with van der Waals surface area (Å²) in [4.78, 5) is 12.1. The number of amides is 1. The molecular weight excluding hydrogens is 242 g/mol. The molecule has 110 valence electrons. The first-order valence-corrected chi connectivity index (χ1v) is 7.70. The number of ether oxygens (including phenoxy) is 1. The first-order chi connectivity index (χ1) is 9.06. The van der Waals surface area contributed by atoms with E-state index in [1.54, 1.807) is 0 Å². The molecule has 2 aliphatic rings. The van der Waals surface area contributed by atoms with Crippen molar-refractivity contribution in [1.29, 1.82) is 0 Å². The van der Waals surface area contributed by atoms with Crippen LogP contribution in [0, 0.1) is 5.92 Å². The standard InChI is InChI=1S/C15H27NO3/c1-10(2)19-12-8-6-11(7-9-12)16-15(18)13-4-3-5-14(13)17/h10-14,17H,3-9H2,1-2H3,(H,16,18). The molecule has 2 saturated carbocycles. The number of aliphatic hydroxyl groups excluding tert-OH is 1. The zero-order chi connectivity index (χ0) is 13.8. The molecule has 2 N–H and O–H groups in total. The van der Waals surface area contributed by atoms with Gasteiger partial charge in [0.2, 0.25) is 5.91 Å². The van der Waals surface area contributed by atoms with Crippen molar-refractivity contribution >= 4 is 5.91 Å². The Hall–Kier alpha value is -0.610. The van der Waals surface area contributed by atoms with Crippen molar-refractivity contribution in [3.05, 3.63) is 0 Å². The van der Waals surface area contributed by atoms with Gasteiger partial charge in [-0.3, -0.25) is 4.79 Å². The number of hydrogen-bond donors (Lipinski definition) is 2. The summed E-state index contributed by atoms with van der Waals surface area (Å²) in [6, 6.07) is 0.271. The molecule has 0 aliphatic heterocycles. The number of carbonyl (C=O) groups excluding carboxylic acids is 1. The molecule has 0 aromatic rings. The average molecular weight is 269 g/mol. The second-order valence-electron chi connectivity index (χ2n) is 6.27. The minimum Gasteiger partial charge on any atom is -0.392 e. The predicted octanol–water partition coefficient (Wildman–Crippen LogP) is 2.00. The van der Waals surface area contributed by atoms with Gasteiger partial charge in [-0.2, -0.15) is 0 Å². The summed E-state index contributed by atoms with van der Waals surface area (Å²) in [7, 11) is 0.